The van der Waals surface area contributed by atoms with Crippen molar-refractivity contribution in [2.45, 2.75) is 9.79 Å². The zero-order valence-corrected chi connectivity index (χ0v) is 10.7. The van der Waals surface area contributed by atoms with E-state index in [0.29, 0.717) is 18.2 Å². The minimum atomic E-state index is -4.12. The maximum absolute atomic E-state index is 13.1. The van der Waals surface area contributed by atoms with Gasteiger partial charge < -0.3 is 5.73 Å². The number of carbonyl (C=O) groups is 1. The number of carbonyl (C=O) groups excluding carboxylic acids is 1. The van der Waals surface area contributed by atoms with E-state index in [1.165, 1.54) is 0 Å². The van der Waals surface area contributed by atoms with Gasteiger partial charge in [-0.1, -0.05) is 0 Å². The van der Waals surface area contributed by atoms with E-state index in [2.05, 4.69) is 4.98 Å². The number of rotatable bonds is 3. The lowest BCUT2D eigenvalue weighted by molar-refractivity contribution is 0.0995. The van der Waals surface area contributed by atoms with Crippen molar-refractivity contribution in [2.24, 2.45) is 5.73 Å². The second kappa shape index (κ2) is 4.97. The third kappa shape index (κ3) is 2.64. The van der Waals surface area contributed by atoms with Gasteiger partial charge >= 0.3 is 0 Å². The minimum Gasteiger partial charge on any atom is -0.364 e. The first-order chi connectivity index (χ1) is 9.30. The van der Waals surface area contributed by atoms with Crippen LogP contribution >= 0.6 is 0 Å². The summed E-state index contributed by atoms with van der Waals surface area (Å²) >= 11 is 0. The van der Waals surface area contributed by atoms with E-state index in [-0.39, 0.29) is 10.6 Å². The maximum Gasteiger partial charge on any atom is 0.267 e. The standard InChI is InChI=1S/C12H8F2N2O3S/c13-7-3-8(14)5-10(4-7)20(18,19)9-1-2-11(12(15)17)16-6-9/h1-6H,(H2,15,17). The molecule has 0 atom stereocenters. The highest BCUT2D eigenvalue weighted by Gasteiger charge is 2.20. The predicted molar refractivity (Wildman–Crippen MR) is 64.6 cm³/mol. The van der Waals surface area contributed by atoms with Crippen molar-refractivity contribution in [3.8, 4) is 0 Å². The lowest BCUT2D eigenvalue weighted by Crippen LogP contribution is -2.13. The lowest BCUT2D eigenvalue weighted by atomic mass is 10.3. The topological polar surface area (TPSA) is 90.1 Å². The molecule has 5 nitrogen and oxygen atoms in total. The molecule has 0 spiro atoms. The van der Waals surface area contributed by atoms with Gasteiger partial charge in [-0.05, 0) is 24.3 Å². The molecule has 1 heterocycles. The van der Waals surface area contributed by atoms with Crippen LogP contribution < -0.4 is 5.73 Å². The number of nitrogens with two attached hydrogens (primary N) is 1. The fourth-order valence-corrected chi connectivity index (χ4v) is 2.75. The van der Waals surface area contributed by atoms with Crippen LogP contribution in [-0.4, -0.2) is 19.3 Å². The molecule has 0 saturated heterocycles. The van der Waals surface area contributed by atoms with Gasteiger partial charge in [0.15, 0.2) is 0 Å². The van der Waals surface area contributed by atoms with E-state index in [0.717, 1.165) is 18.3 Å². The molecule has 1 amide bonds. The van der Waals surface area contributed by atoms with E-state index in [4.69, 9.17) is 5.73 Å². The van der Waals surface area contributed by atoms with E-state index in [1.54, 1.807) is 0 Å². The first kappa shape index (κ1) is 14.1. The molecular formula is C12H8F2N2O3S. The molecule has 1 aromatic carbocycles. The van der Waals surface area contributed by atoms with Crippen molar-refractivity contribution in [1.82, 2.24) is 4.98 Å². The predicted octanol–water partition coefficient (Wildman–Crippen LogP) is 1.29. The molecule has 0 radical (unpaired) electrons. The van der Waals surface area contributed by atoms with E-state index < -0.39 is 32.3 Å². The van der Waals surface area contributed by atoms with E-state index in [1.807, 2.05) is 0 Å². The first-order valence-corrected chi connectivity index (χ1v) is 6.76. The van der Waals surface area contributed by atoms with Crippen LogP contribution in [0.2, 0.25) is 0 Å². The highest BCUT2D eigenvalue weighted by atomic mass is 32.2. The molecule has 2 rings (SSSR count). The van der Waals surface area contributed by atoms with Gasteiger partial charge in [0.25, 0.3) is 5.91 Å². The summed E-state index contributed by atoms with van der Waals surface area (Å²) in [7, 11) is -4.12. The number of halogens is 2. The molecule has 0 aliphatic rings. The molecule has 104 valence electrons. The Morgan fingerprint density at radius 1 is 1.05 bits per heavy atom. The summed E-state index contributed by atoms with van der Waals surface area (Å²) in [5, 5.41) is 0. The molecule has 20 heavy (non-hydrogen) atoms. The number of primary amides is 1. The van der Waals surface area contributed by atoms with Gasteiger partial charge in [0.2, 0.25) is 9.84 Å². The van der Waals surface area contributed by atoms with E-state index in [9.17, 15) is 22.0 Å². The number of hydrogen-bond donors (Lipinski definition) is 1. The number of nitrogens with zero attached hydrogens (tertiary/aromatic N) is 1. The van der Waals surface area contributed by atoms with Crippen LogP contribution in [-0.2, 0) is 9.84 Å². The van der Waals surface area contributed by atoms with Gasteiger partial charge in [-0.3, -0.25) is 4.79 Å². The molecule has 2 N–H and O–H groups in total. The quantitative estimate of drug-likeness (QED) is 0.924. The highest BCUT2D eigenvalue weighted by molar-refractivity contribution is 7.91. The second-order valence-corrected chi connectivity index (χ2v) is 5.80. The average Bonchev–Trinajstić information content (AvgIpc) is 2.37. The summed E-state index contributed by atoms with van der Waals surface area (Å²) in [5.41, 5.74) is 4.86. The SMILES string of the molecule is NC(=O)c1ccc(S(=O)(=O)c2cc(F)cc(F)c2)cn1. The average molecular weight is 298 g/mol. The van der Waals surface area contributed by atoms with Crippen LogP contribution in [0.25, 0.3) is 0 Å². The van der Waals surface area contributed by atoms with Gasteiger partial charge in [0.05, 0.1) is 9.79 Å². The Bertz CT molecular complexity index is 754. The van der Waals surface area contributed by atoms with Crippen LogP contribution in [0.4, 0.5) is 8.78 Å². The Kier molecular flexibility index (Phi) is 3.49. The highest BCUT2D eigenvalue weighted by Crippen LogP contribution is 2.22. The molecule has 0 fully saturated rings. The number of aromatic nitrogens is 1. The Balaban J connectivity index is 2.51. The number of sulfone groups is 1. The summed E-state index contributed by atoms with van der Waals surface area (Å²) in [6.07, 6.45) is 0.901. The number of benzene rings is 1. The van der Waals surface area contributed by atoms with Crippen molar-refractivity contribution < 1.29 is 22.0 Å². The normalized spacial score (nSPS) is 11.3. The van der Waals surface area contributed by atoms with Crippen LogP contribution in [0.3, 0.4) is 0 Å². The summed E-state index contributed by atoms with van der Waals surface area (Å²) in [4.78, 5) is 13.6. The number of amides is 1. The van der Waals surface area contributed by atoms with Gasteiger partial charge in [-0.15, -0.1) is 0 Å². The monoisotopic (exact) mass is 298 g/mol. The molecule has 0 aliphatic carbocycles. The zero-order valence-electron chi connectivity index (χ0n) is 9.88. The molecular weight excluding hydrogens is 290 g/mol. The summed E-state index contributed by atoms with van der Waals surface area (Å²) in [5.74, 6) is -2.83. The van der Waals surface area contributed by atoms with Gasteiger partial charge in [-0.2, -0.15) is 0 Å². The van der Waals surface area contributed by atoms with Gasteiger partial charge in [0.1, 0.15) is 17.3 Å². The van der Waals surface area contributed by atoms with Crippen LogP contribution in [0, 0.1) is 11.6 Å². The Morgan fingerprint density at radius 3 is 2.10 bits per heavy atom. The molecule has 0 saturated carbocycles. The Morgan fingerprint density at radius 2 is 1.65 bits per heavy atom. The Labute approximate surface area is 113 Å². The van der Waals surface area contributed by atoms with Crippen LogP contribution in [0.15, 0.2) is 46.3 Å². The van der Waals surface area contributed by atoms with Crippen molar-refractivity contribution in [3.63, 3.8) is 0 Å². The molecule has 8 heteroatoms. The van der Waals surface area contributed by atoms with Gasteiger partial charge in [-0.25, -0.2) is 22.2 Å². The molecule has 0 unspecified atom stereocenters. The molecule has 2 aromatic rings. The van der Waals surface area contributed by atoms with Crippen molar-refractivity contribution in [3.05, 3.63) is 53.9 Å². The fraction of sp³-hybridized carbons (Fsp3) is 0. The fourth-order valence-electron chi connectivity index (χ4n) is 1.50. The molecule has 1 aromatic heterocycles. The van der Waals surface area contributed by atoms with Crippen LogP contribution in [0.5, 0.6) is 0 Å². The minimum absolute atomic E-state index is 0.116. The Hall–Kier alpha value is -2.35. The third-order valence-electron chi connectivity index (χ3n) is 2.45. The van der Waals surface area contributed by atoms with Crippen molar-refractivity contribution in [1.29, 1.82) is 0 Å². The summed E-state index contributed by atoms with van der Waals surface area (Å²) in [6, 6.07) is 4.16. The largest absolute Gasteiger partial charge is 0.364 e. The maximum atomic E-state index is 13.1. The second-order valence-electron chi connectivity index (χ2n) is 3.85. The van der Waals surface area contributed by atoms with Gasteiger partial charge in [0, 0.05) is 12.3 Å². The van der Waals surface area contributed by atoms with Crippen molar-refractivity contribution >= 4 is 15.7 Å². The number of hydrogen-bond acceptors (Lipinski definition) is 4. The zero-order chi connectivity index (χ0) is 14.9. The summed E-state index contributed by atoms with van der Waals surface area (Å²) in [6.45, 7) is 0. The third-order valence-corrected chi connectivity index (χ3v) is 4.16. The molecule has 0 aliphatic heterocycles. The van der Waals surface area contributed by atoms with E-state index >= 15 is 0 Å². The smallest absolute Gasteiger partial charge is 0.267 e. The van der Waals surface area contributed by atoms with Crippen molar-refractivity contribution in [2.75, 3.05) is 0 Å². The lowest BCUT2D eigenvalue weighted by Gasteiger charge is -2.05. The first-order valence-electron chi connectivity index (χ1n) is 5.28. The summed E-state index contributed by atoms with van der Waals surface area (Å²) < 4.78 is 50.4. The van der Waals surface area contributed by atoms with Crippen LogP contribution in [0.1, 0.15) is 10.5 Å². The molecule has 0 bridgehead atoms. The number of pyridine rings is 1.